The molecule has 0 saturated carbocycles. The van der Waals surface area contributed by atoms with Gasteiger partial charge in [-0.1, -0.05) is 17.3 Å². The van der Waals surface area contributed by atoms with E-state index in [1.165, 1.54) is 4.88 Å². The van der Waals surface area contributed by atoms with Gasteiger partial charge in [-0.3, -0.25) is 14.4 Å². The number of rotatable bonds is 4. The van der Waals surface area contributed by atoms with Gasteiger partial charge < -0.3 is 9.64 Å². The Hall–Kier alpha value is -3.07. The number of thiophene rings is 1. The molecule has 1 aromatic carbocycles. The molecule has 0 saturated heterocycles. The molecule has 2 aromatic heterocycles. The van der Waals surface area contributed by atoms with E-state index in [0.717, 1.165) is 16.7 Å². The second-order valence-electron chi connectivity index (χ2n) is 6.16. The number of esters is 1. The fourth-order valence-electron chi connectivity index (χ4n) is 2.99. The summed E-state index contributed by atoms with van der Waals surface area (Å²) < 4.78 is 5.98. The number of hydrogen-bond donors (Lipinski definition) is 0. The third-order valence-corrected chi connectivity index (χ3v) is 5.45. The highest BCUT2D eigenvalue weighted by atomic mass is 32.1. The van der Waals surface area contributed by atoms with Crippen molar-refractivity contribution in [2.45, 2.75) is 19.5 Å². The summed E-state index contributed by atoms with van der Waals surface area (Å²) in [6, 6.07) is 8.76. The van der Waals surface area contributed by atoms with Crippen molar-refractivity contribution in [1.29, 1.82) is 0 Å². The summed E-state index contributed by atoms with van der Waals surface area (Å²) in [5.41, 5.74) is 1.18. The van der Waals surface area contributed by atoms with Crippen molar-refractivity contribution in [3.05, 3.63) is 56.5 Å². The topological polar surface area (TPSA) is 94.4 Å². The highest BCUT2D eigenvalue weighted by molar-refractivity contribution is 7.10. The summed E-state index contributed by atoms with van der Waals surface area (Å²) in [6.07, 6.45) is 0.814. The van der Waals surface area contributed by atoms with Crippen molar-refractivity contribution in [1.82, 2.24) is 19.9 Å². The second-order valence-corrected chi connectivity index (χ2v) is 7.17. The Kier molecular flexibility index (Phi) is 4.68. The van der Waals surface area contributed by atoms with E-state index in [1.54, 1.807) is 40.5 Å². The Bertz CT molecular complexity index is 1070. The van der Waals surface area contributed by atoms with E-state index in [9.17, 15) is 14.4 Å². The van der Waals surface area contributed by atoms with Crippen LogP contribution in [0.5, 0.6) is 0 Å². The minimum absolute atomic E-state index is 0.253. The van der Waals surface area contributed by atoms with Gasteiger partial charge >= 0.3 is 5.97 Å². The van der Waals surface area contributed by atoms with Crippen LogP contribution < -0.4 is 5.56 Å². The monoisotopic (exact) mass is 384 g/mol. The fraction of sp³-hybridized carbons (Fsp3) is 0.278. The van der Waals surface area contributed by atoms with Crippen LogP contribution in [0.15, 0.2) is 40.5 Å². The number of ether oxygens (including phenoxy) is 1. The molecule has 138 valence electrons. The first-order valence-electron chi connectivity index (χ1n) is 8.43. The van der Waals surface area contributed by atoms with E-state index in [-0.39, 0.29) is 12.5 Å². The highest BCUT2D eigenvalue weighted by Gasteiger charge is 2.22. The van der Waals surface area contributed by atoms with Crippen molar-refractivity contribution in [3.63, 3.8) is 0 Å². The normalized spacial score (nSPS) is 13.4. The van der Waals surface area contributed by atoms with Crippen LogP contribution in [0.25, 0.3) is 10.9 Å². The minimum Gasteiger partial charge on any atom is -0.454 e. The molecule has 3 aromatic rings. The van der Waals surface area contributed by atoms with E-state index in [0.29, 0.717) is 24.0 Å². The molecule has 9 heteroatoms. The number of carbonyl (C=O) groups is 2. The van der Waals surface area contributed by atoms with Gasteiger partial charge in [0.15, 0.2) is 6.61 Å². The summed E-state index contributed by atoms with van der Waals surface area (Å²) in [4.78, 5) is 39.6. The molecule has 0 fully saturated rings. The molecule has 0 radical (unpaired) electrons. The van der Waals surface area contributed by atoms with Crippen LogP contribution in [0.3, 0.4) is 0 Å². The van der Waals surface area contributed by atoms with E-state index >= 15 is 0 Å². The van der Waals surface area contributed by atoms with Crippen LogP contribution in [0.1, 0.15) is 10.4 Å². The molecular formula is C18H16N4O4S. The van der Waals surface area contributed by atoms with Crippen LogP contribution >= 0.6 is 11.3 Å². The van der Waals surface area contributed by atoms with E-state index < -0.39 is 18.1 Å². The molecule has 0 unspecified atom stereocenters. The maximum atomic E-state index is 12.3. The number of aromatic nitrogens is 3. The predicted molar refractivity (Wildman–Crippen MR) is 98.2 cm³/mol. The quantitative estimate of drug-likeness (QED) is 0.623. The van der Waals surface area contributed by atoms with Crippen molar-refractivity contribution in [3.8, 4) is 0 Å². The summed E-state index contributed by atoms with van der Waals surface area (Å²) in [7, 11) is 0. The lowest BCUT2D eigenvalue weighted by atomic mass is 10.1. The molecule has 1 aliphatic heterocycles. The Labute approximate surface area is 158 Å². The van der Waals surface area contributed by atoms with Crippen molar-refractivity contribution >= 4 is 34.1 Å². The molecule has 0 atom stereocenters. The average molecular weight is 384 g/mol. The van der Waals surface area contributed by atoms with Gasteiger partial charge in [-0.15, -0.1) is 16.4 Å². The Morgan fingerprint density at radius 1 is 1.22 bits per heavy atom. The largest absolute Gasteiger partial charge is 0.454 e. The van der Waals surface area contributed by atoms with Gasteiger partial charge in [0.2, 0.25) is 0 Å². The van der Waals surface area contributed by atoms with Crippen LogP contribution in [0, 0.1) is 0 Å². The van der Waals surface area contributed by atoms with Gasteiger partial charge in [0.1, 0.15) is 12.1 Å². The van der Waals surface area contributed by atoms with Crippen LogP contribution in [0.4, 0.5) is 0 Å². The third-order valence-electron chi connectivity index (χ3n) is 4.43. The maximum Gasteiger partial charge on any atom is 0.328 e. The molecule has 8 nitrogen and oxygen atoms in total. The lowest BCUT2D eigenvalue weighted by Gasteiger charge is -2.26. The van der Waals surface area contributed by atoms with Crippen LogP contribution in [-0.4, -0.2) is 44.9 Å². The molecule has 27 heavy (non-hydrogen) atoms. The Morgan fingerprint density at radius 3 is 2.96 bits per heavy atom. The first kappa shape index (κ1) is 17.3. The van der Waals surface area contributed by atoms with Crippen molar-refractivity contribution < 1.29 is 14.3 Å². The summed E-state index contributed by atoms with van der Waals surface area (Å²) in [5, 5.41) is 10.0. The van der Waals surface area contributed by atoms with E-state index in [1.807, 2.05) is 11.4 Å². The van der Waals surface area contributed by atoms with Gasteiger partial charge in [-0.2, -0.15) is 4.68 Å². The molecular weight excluding hydrogens is 368 g/mol. The standard InChI is InChI=1S/C18H16N4O4S/c23-16(21-7-5-15-12(9-21)6-8-27-15)11-26-17(24)10-22-18(25)13-3-1-2-4-14(13)19-20-22/h1-4,6,8H,5,7,9-11H2. The molecule has 0 N–H and O–H groups in total. The number of hydrogen-bond acceptors (Lipinski definition) is 7. The van der Waals surface area contributed by atoms with Crippen molar-refractivity contribution in [2.75, 3.05) is 13.2 Å². The number of benzene rings is 1. The van der Waals surface area contributed by atoms with E-state index in [2.05, 4.69) is 10.3 Å². The Balaban J connectivity index is 1.36. The summed E-state index contributed by atoms with van der Waals surface area (Å²) in [5.74, 6) is -0.958. The lowest BCUT2D eigenvalue weighted by Crippen LogP contribution is -2.38. The predicted octanol–water partition coefficient (Wildman–Crippen LogP) is 0.981. The van der Waals surface area contributed by atoms with Crippen molar-refractivity contribution in [2.24, 2.45) is 0 Å². The molecule has 0 spiro atoms. The smallest absolute Gasteiger partial charge is 0.328 e. The summed E-state index contributed by atoms with van der Waals surface area (Å²) >= 11 is 1.69. The molecule has 1 aliphatic rings. The minimum atomic E-state index is -0.705. The fourth-order valence-corrected chi connectivity index (χ4v) is 3.88. The maximum absolute atomic E-state index is 12.3. The zero-order chi connectivity index (χ0) is 18.8. The molecule has 1 amide bonds. The molecule has 0 aliphatic carbocycles. The zero-order valence-electron chi connectivity index (χ0n) is 14.3. The molecule has 4 rings (SSSR count). The third kappa shape index (κ3) is 3.59. The second kappa shape index (κ2) is 7.28. The first-order valence-corrected chi connectivity index (χ1v) is 9.31. The number of fused-ring (bicyclic) bond motifs is 2. The van der Waals surface area contributed by atoms with Crippen LogP contribution in [0.2, 0.25) is 0 Å². The van der Waals surface area contributed by atoms with E-state index in [4.69, 9.17) is 4.74 Å². The van der Waals surface area contributed by atoms with Gasteiger partial charge in [-0.05, 0) is 35.6 Å². The molecule has 0 bridgehead atoms. The zero-order valence-corrected chi connectivity index (χ0v) is 15.1. The van der Waals surface area contributed by atoms with Gasteiger partial charge in [0.25, 0.3) is 11.5 Å². The van der Waals surface area contributed by atoms with Gasteiger partial charge in [-0.25, -0.2) is 0 Å². The van der Waals surface area contributed by atoms with Gasteiger partial charge in [0.05, 0.1) is 5.39 Å². The number of carbonyl (C=O) groups excluding carboxylic acids is 2. The average Bonchev–Trinajstić information content (AvgIpc) is 3.16. The van der Waals surface area contributed by atoms with Gasteiger partial charge in [0, 0.05) is 18.0 Å². The first-order chi connectivity index (χ1) is 13.1. The summed E-state index contributed by atoms with van der Waals surface area (Å²) in [6.45, 7) is 0.400. The van der Waals surface area contributed by atoms with Crippen LogP contribution in [-0.2, 0) is 33.8 Å². The SMILES string of the molecule is O=C(Cn1nnc2ccccc2c1=O)OCC(=O)N1CCc2sccc2C1. The number of amides is 1. The Morgan fingerprint density at radius 2 is 2.07 bits per heavy atom. The lowest BCUT2D eigenvalue weighted by molar-refractivity contribution is -0.153. The highest BCUT2D eigenvalue weighted by Crippen LogP contribution is 2.23. The number of nitrogens with zero attached hydrogens (tertiary/aromatic N) is 4. The molecule has 3 heterocycles.